The smallest absolute Gasteiger partial charge is 0.0109 e. The van der Waals surface area contributed by atoms with Crippen molar-refractivity contribution in [3.05, 3.63) is 0 Å². The number of rotatable bonds is 5. The monoisotopic (exact) mass is 310 g/mol. The summed E-state index contributed by atoms with van der Waals surface area (Å²) in [5, 5.41) is 0. The lowest BCUT2D eigenvalue weighted by Crippen LogP contribution is -2.43. The van der Waals surface area contributed by atoms with E-state index in [4.69, 9.17) is 0 Å². The van der Waals surface area contributed by atoms with Crippen molar-refractivity contribution in [1.29, 1.82) is 0 Å². The van der Waals surface area contributed by atoms with Crippen LogP contribution in [0.5, 0.6) is 0 Å². The highest BCUT2D eigenvalue weighted by Gasteiger charge is 2.24. The molecule has 0 spiro atoms. The van der Waals surface area contributed by atoms with E-state index in [1.165, 1.54) is 65.0 Å². The van der Waals surface area contributed by atoms with Crippen molar-refractivity contribution >= 4 is 0 Å². The largest absolute Gasteiger partial charge is 0.302 e. The van der Waals surface area contributed by atoms with Crippen LogP contribution in [0.25, 0.3) is 0 Å². The molecule has 0 radical (unpaired) electrons. The molecule has 2 heterocycles. The predicted molar refractivity (Wildman–Crippen MR) is 99.4 cm³/mol. The Kier molecular flexibility index (Phi) is 9.66. The molecule has 132 valence electrons. The highest BCUT2D eigenvalue weighted by atomic mass is 15.2. The fourth-order valence-electron chi connectivity index (χ4n) is 3.97. The van der Waals surface area contributed by atoms with Gasteiger partial charge in [-0.3, -0.25) is 0 Å². The van der Waals surface area contributed by atoms with Gasteiger partial charge in [0.1, 0.15) is 0 Å². The van der Waals surface area contributed by atoms with Crippen LogP contribution < -0.4 is 0 Å². The Balaban J connectivity index is 0.00000116. The van der Waals surface area contributed by atoms with Gasteiger partial charge in [0.2, 0.25) is 0 Å². The van der Waals surface area contributed by atoms with Gasteiger partial charge >= 0.3 is 0 Å². The van der Waals surface area contributed by atoms with Crippen molar-refractivity contribution in [3.8, 4) is 0 Å². The van der Waals surface area contributed by atoms with Crippen LogP contribution in [0.3, 0.4) is 0 Å². The fraction of sp³-hybridized carbons (Fsp3) is 1.00. The normalized spacial score (nSPS) is 22.9. The Morgan fingerprint density at radius 1 is 0.636 bits per heavy atom. The first kappa shape index (κ1) is 20.0. The molecule has 2 nitrogen and oxygen atoms in total. The molecule has 2 saturated heterocycles. The van der Waals surface area contributed by atoms with Gasteiger partial charge in [-0.25, -0.2) is 0 Å². The molecule has 0 amide bonds. The van der Waals surface area contributed by atoms with E-state index in [0.717, 1.165) is 23.7 Å². The van der Waals surface area contributed by atoms with Crippen LogP contribution in [-0.4, -0.2) is 49.1 Å². The summed E-state index contributed by atoms with van der Waals surface area (Å²) in [5.74, 6) is 3.72. The molecule has 2 rings (SSSR count). The van der Waals surface area contributed by atoms with Gasteiger partial charge < -0.3 is 9.80 Å². The Hall–Kier alpha value is -0.0800. The second-order valence-corrected chi connectivity index (χ2v) is 7.85. The van der Waals surface area contributed by atoms with E-state index in [1.807, 2.05) is 13.8 Å². The summed E-state index contributed by atoms with van der Waals surface area (Å²) in [6, 6.07) is 0. The molecular weight excluding hydrogens is 268 g/mol. The number of hydrogen-bond acceptors (Lipinski definition) is 2. The number of piperidine rings is 2. The molecule has 22 heavy (non-hydrogen) atoms. The Morgan fingerprint density at radius 3 is 1.14 bits per heavy atom. The summed E-state index contributed by atoms with van der Waals surface area (Å²) in [5.41, 5.74) is 0. The van der Waals surface area contributed by atoms with Crippen molar-refractivity contribution in [1.82, 2.24) is 9.80 Å². The molecule has 0 saturated carbocycles. The van der Waals surface area contributed by atoms with Crippen LogP contribution in [-0.2, 0) is 0 Å². The molecule has 0 aliphatic carbocycles. The van der Waals surface area contributed by atoms with Gasteiger partial charge in [0, 0.05) is 13.1 Å². The molecule has 0 aromatic heterocycles. The number of nitrogens with zero attached hydrogens (tertiary/aromatic N) is 2. The summed E-state index contributed by atoms with van der Waals surface area (Å²) in [6.45, 7) is 21.5. The summed E-state index contributed by atoms with van der Waals surface area (Å²) in [4.78, 5) is 5.40. The molecule has 0 aromatic rings. The first-order valence-corrected chi connectivity index (χ1v) is 10.0. The van der Waals surface area contributed by atoms with Gasteiger partial charge in [-0.1, -0.05) is 41.5 Å². The molecule has 0 bridgehead atoms. The average molecular weight is 311 g/mol. The summed E-state index contributed by atoms with van der Waals surface area (Å²) >= 11 is 0. The fourth-order valence-corrected chi connectivity index (χ4v) is 3.97. The quantitative estimate of drug-likeness (QED) is 0.723. The molecule has 0 N–H and O–H groups in total. The lowest BCUT2D eigenvalue weighted by atomic mass is 9.86. The Morgan fingerprint density at radius 2 is 0.909 bits per heavy atom. The summed E-state index contributed by atoms with van der Waals surface area (Å²) in [7, 11) is 0. The standard InChI is InChI=1S/C18H36N2.C2H6/c1-15(2)17-5-9-19(10-6-17)13-14-20-11-7-18(8-12-20)16(3)4;1-2/h15-18H,5-14H2,1-4H3;1-2H3. The van der Waals surface area contributed by atoms with Crippen LogP contribution in [0, 0.1) is 23.7 Å². The van der Waals surface area contributed by atoms with Gasteiger partial charge in [-0.15, -0.1) is 0 Å². The SMILES string of the molecule is CC.CC(C)C1CCN(CCN2CCC(C(C)C)CC2)CC1. The van der Waals surface area contributed by atoms with Gasteiger partial charge in [0.05, 0.1) is 0 Å². The molecular formula is C20H42N2. The zero-order chi connectivity index (χ0) is 16.5. The third-order valence-corrected chi connectivity index (χ3v) is 5.88. The lowest BCUT2D eigenvalue weighted by molar-refractivity contribution is 0.114. The van der Waals surface area contributed by atoms with E-state index in [0.29, 0.717) is 0 Å². The van der Waals surface area contributed by atoms with Crippen molar-refractivity contribution in [2.24, 2.45) is 23.7 Å². The van der Waals surface area contributed by atoms with E-state index < -0.39 is 0 Å². The van der Waals surface area contributed by atoms with Gasteiger partial charge in [-0.05, 0) is 75.5 Å². The topological polar surface area (TPSA) is 6.48 Å². The van der Waals surface area contributed by atoms with E-state index in [1.54, 1.807) is 0 Å². The Labute approximate surface area is 140 Å². The molecule has 0 unspecified atom stereocenters. The predicted octanol–water partition coefficient (Wildman–Crippen LogP) is 4.75. The van der Waals surface area contributed by atoms with E-state index in [2.05, 4.69) is 37.5 Å². The number of hydrogen-bond donors (Lipinski definition) is 0. The van der Waals surface area contributed by atoms with Crippen LogP contribution in [0.15, 0.2) is 0 Å². The average Bonchev–Trinajstić information content (AvgIpc) is 2.55. The van der Waals surface area contributed by atoms with Crippen molar-refractivity contribution < 1.29 is 0 Å². The first-order valence-electron chi connectivity index (χ1n) is 10.0. The second kappa shape index (κ2) is 10.6. The lowest BCUT2D eigenvalue weighted by Gasteiger charge is -2.37. The maximum atomic E-state index is 2.70. The summed E-state index contributed by atoms with van der Waals surface area (Å²) in [6.07, 6.45) is 5.69. The molecule has 0 aromatic carbocycles. The van der Waals surface area contributed by atoms with Gasteiger partial charge in [0.15, 0.2) is 0 Å². The van der Waals surface area contributed by atoms with Crippen LogP contribution in [0.1, 0.15) is 67.2 Å². The minimum absolute atomic E-state index is 0.882. The molecule has 2 fully saturated rings. The molecule has 0 atom stereocenters. The Bertz CT molecular complexity index is 231. The highest BCUT2D eigenvalue weighted by Crippen LogP contribution is 2.26. The van der Waals surface area contributed by atoms with Crippen molar-refractivity contribution in [2.45, 2.75) is 67.2 Å². The zero-order valence-electron chi connectivity index (χ0n) is 16.3. The molecule has 2 aliphatic rings. The van der Waals surface area contributed by atoms with Crippen LogP contribution >= 0.6 is 0 Å². The first-order chi connectivity index (χ1) is 10.6. The maximum absolute atomic E-state index is 2.70. The minimum Gasteiger partial charge on any atom is -0.302 e. The van der Waals surface area contributed by atoms with E-state index in [-0.39, 0.29) is 0 Å². The van der Waals surface area contributed by atoms with Gasteiger partial charge in [0.25, 0.3) is 0 Å². The number of likely N-dealkylation sites (tertiary alicyclic amines) is 2. The van der Waals surface area contributed by atoms with E-state index >= 15 is 0 Å². The van der Waals surface area contributed by atoms with Gasteiger partial charge in [-0.2, -0.15) is 0 Å². The van der Waals surface area contributed by atoms with Crippen molar-refractivity contribution in [3.63, 3.8) is 0 Å². The third-order valence-electron chi connectivity index (χ3n) is 5.88. The summed E-state index contributed by atoms with van der Waals surface area (Å²) < 4.78 is 0. The second-order valence-electron chi connectivity index (χ2n) is 7.85. The van der Waals surface area contributed by atoms with Crippen molar-refractivity contribution in [2.75, 3.05) is 39.3 Å². The zero-order valence-corrected chi connectivity index (χ0v) is 16.3. The van der Waals surface area contributed by atoms with Crippen LogP contribution in [0.4, 0.5) is 0 Å². The maximum Gasteiger partial charge on any atom is 0.0109 e. The van der Waals surface area contributed by atoms with E-state index in [9.17, 15) is 0 Å². The highest BCUT2D eigenvalue weighted by molar-refractivity contribution is 4.77. The minimum atomic E-state index is 0.882. The van der Waals surface area contributed by atoms with Crippen LogP contribution in [0.2, 0.25) is 0 Å². The molecule has 2 heteroatoms. The molecule has 2 aliphatic heterocycles. The third kappa shape index (κ3) is 6.58.